The molecule has 0 unspecified atom stereocenters. The highest BCUT2D eigenvalue weighted by Gasteiger charge is 2.17. The van der Waals surface area contributed by atoms with Crippen LogP contribution in [0.3, 0.4) is 0 Å². The predicted octanol–water partition coefficient (Wildman–Crippen LogP) is 3.07. The Hall–Kier alpha value is -4.18. The molecule has 9 nitrogen and oxygen atoms in total. The predicted molar refractivity (Wildman–Crippen MR) is 144 cm³/mol. The molecule has 0 saturated carbocycles. The van der Waals surface area contributed by atoms with Gasteiger partial charge in [0.15, 0.2) is 5.75 Å². The highest BCUT2D eigenvalue weighted by molar-refractivity contribution is 6.02. The summed E-state index contributed by atoms with van der Waals surface area (Å²) in [5.74, 6) is 1.45. The smallest absolute Gasteiger partial charge is 0.254 e. The number of nitrogens with two attached hydrogens (primary N) is 1. The minimum atomic E-state index is -0.728. The van der Waals surface area contributed by atoms with Crippen LogP contribution in [0.2, 0.25) is 0 Å². The summed E-state index contributed by atoms with van der Waals surface area (Å²) in [4.78, 5) is 16.4. The van der Waals surface area contributed by atoms with E-state index in [1.807, 2.05) is 42.5 Å². The average molecular weight is 518 g/mol. The number of ether oxygens (including phenoxy) is 3. The number of benzene rings is 3. The summed E-state index contributed by atoms with van der Waals surface area (Å²) in [6, 6.07) is 21.6. The number of aliphatic hydroxyl groups is 2. The van der Waals surface area contributed by atoms with Crippen molar-refractivity contribution in [2.45, 2.75) is 18.6 Å². The molecule has 38 heavy (non-hydrogen) atoms. The summed E-state index contributed by atoms with van der Waals surface area (Å²) in [6.45, 7) is 0.315. The second-order valence-electron chi connectivity index (χ2n) is 8.76. The molecular weight excluding hydrogens is 486 g/mol. The fraction of sp³-hybridized carbons (Fsp3) is 0.241. The molecule has 5 N–H and O–H groups in total. The number of rotatable bonds is 13. The van der Waals surface area contributed by atoms with Gasteiger partial charge in [0, 0.05) is 24.2 Å². The third-order valence-corrected chi connectivity index (χ3v) is 5.96. The number of amides is 1. The molecule has 1 aromatic heterocycles. The lowest BCUT2D eigenvalue weighted by atomic mass is 10.1. The molecule has 0 aliphatic carbocycles. The number of primary amides is 1. The highest BCUT2D eigenvalue weighted by Crippen LogP contribution is 2.34. The first-order valence-corrected chi connectivity index (χ1v) is 12.2. The lowest BCUT2D eigenvalue weighted by Crippen LogP contribution is -2.41. The Bertz CT molecular complexity index is 1350. The zero-order valence-electron chi connectivity index (χ0n) is 21.0. The van der Waals surface area contributed by atoms with E-state index in [-0.39, 0.29) is 31.4 Å². The van der Waals surface area contributed by atoms with Gasteiger partial charge in [0.05, 0.1) is 19.2 Å². The van der Waals surface area contributed by atoms with Crippen molar-refractivity contribution in [3.05, 3.63) is 90.1 Å². The number of fused-ring (bicyclic) bond motifs is 1. The van der Waals surface area contributed by atoms with Gasteiger partial charge < -0.3 is 35.5 Å². The van der Waals surface area contributed by atoms with Gasteiger partial charge in [-0.15, -0.1) is 0 Å². The summed E-state index contributed by atoms with van der Waals surface area (Å²) >= 11 is 0. The van der Waals surface area contributed by atoms with E-state index in [4.69, 9.17) is 19.9 Å². The van der Waals surface area contributed by atoms with Crippen molar-refractivity contribution in [3.8, 4) is 23.0 Å². The first-order valence-electron chi connectivity index (χ1n) is 12.2. The fourth-order valence-electron chi connectivity index (χ4n) is 3.93. The molecule has 4 aromatic rings. The zero-order chi connectivity index (χ0) is 26.9. The van der Waals surface area contributed by atoms with Crippen molar-refractivity contribution in [1.29, 1.82) is 0 Å². The number of aliphatic hydroxyl groups excluding tert-OH is 2. The maximum atomic E-state index is 12.1. The van der Waals surface area contributed by atoms with E-state index in [9.17, 15) is 15.0 Å². The number of hydrogen-bond acceptors (Lipinski definition) is 8. The number of hydrogen-bond donors (Lipinski definition) is 4. The van der Waals surface area contributed by atoms with E-state index in [0.717, 1.165) is 5.56 Å². The molecule has 1 amide bonds. The molecule has 0 aliphatic rings. The molecule has 9 heteroatoms. The van der Waals surface area contributed by atoms with Crippen LogP contribution in [0, 0.1) is 0 Å². The van der Waals surface area contributed by atoms with Crippen LogP contribution in [0.5, 0.6) is 23.0 Å². The molecule has 1 heterocycles. The average Bonchev–Trinajstić information content (AvgIpc) is 2.95. The summed E-state index contributed by atoms with van der Waals surface area (Å²) in [5, 5.41) is 23.8. The molecule has 3 aromatic carbocycles. The van der Waals surface area contributed by atoms with Crippen molar-refractivity contribution in [2.24, 2.45) is 5.73 Å². The lowest BCUT2D eigenvalue weighted by Gasteiger charge is -2.19. The first kappa shape index (κ1) is 26.9. The maximum Gasteiger partial charge on any atom is 0.254 e. The van der Waals surface area contributed by atoms with Crippen molar-refractivity contribution in [3.63, 3.8) is 0 Å². The zero-order valence-corrected chi connectivity index (χ0v) is 21.0. The molecule has 4 rings (SSSR count). The normalized spacial score (nSPS) is 12.6. The number of carbonyl (C=O) groups excluding carboxylic acids is 1. The topological polar surface area (TPSA) is 136 Å². The van der Waals surface area contributed by atoms with E-state index < -0.39 is 12.0 Å². The molecule has 0 aliphatic heterocycles. The summed E-state index contributed by atoms with van der Waals surface area (Å²) in [5.41, 5.74) is 7.33. The van der Waals surface area contributed by atoms with E-state index in [2.05, 4.69) is 10.3 Å². The number of carbonyl (C=O) groups is 1. The van der Waals surface area contributed by atoms with E-state index in [1.54, 1.807) is 37.4 Å². The Morgan fingerprint density at radius 3 is 2.45 bits per heavy atom. The second kappa shape index (κ2) is 12.9. The van der Waals surface area contributed by atoms with Crippen molar-refractivity contribution in [2.75, 3.05) is 26.9 Å². The van der Waals surface area contributed by atoms with Crippen LogP contribution >= 0.6 is 0 Å². The van der Waals surface area contributed by atoms with E-state index in [0.29, 0.717) is 40.3 Å². The Morgan fingerprint density at radius 1 is 1.03 bits per heavy atom. The van der Waals surface area contributed by atoms with Crippen LogP contribution in [0.25, 0.3) is 10.9 Å². The van der Waals surface area contributed by atoms with Crippen molar-refractivity contribution in [1.82, 2.24) is 10.3 Å². The van der Waals surface area contributed by atoms with E-state index >= 15 is 0 Å². The monoisotopic (exact) mass is 517 g/mol. The van der Waals surface area contributed by atoms with Crippen LogP contribution < -0.4 is 25.3 Å². The number of nitrogens with one attached hydrogen (secondary N) is 1. The van der Waals surface area contributed by atoms with Crippen LogP contribution in [-0.2, 0) is 6.42 Å². The molecule has 0 fully saturated rings. The highest BCUT2D eigenvalue weighted by atomic mass is 16.5. The third kappa shape index (κ3) is 6.98. The number of para-hydroxylation sites is 1. The van der Waals surface area contributed by atoms with Crippen molar-refractivity contribution >= 4 is 16.8 Å². The van der Waals surface area contributed by atoms with E-state index in [1.165, 1.54) is 6.20 Å². The molecular formula is C29H31N3O6. The maximum absolute atomic E-state index is 12.1. The second-order valence-corrected chi connectivity index (χ2v) is 8.76. The largest absolute Gasteiger partial charge is 0.497 e. The van der Waals surface area contributed by atoms with Gasteiger partial charge in [-0.3, -0.25) is 9.78 Å². The van der Waals surface area contributed by atoms with Crippen LogP contribution in [-0.4, -0.2) is 60.1 Å². The quantitative estimate of drug-likeness (QED) is 0.212. The van der Waals surface area contributed by atoms with Crippen LogP contribution in [0.4, 0.5) is 0 Å². The van der Waals surface area contributed by atoms with Gasteiger partial charge >= 0.3 is 0 Å². The van der Waals surface area contributed by atoms with Gasteiger partial charge in [0.1, 0.15) is 35.5 Å². The number of aromatic nitrogens is 1. The van der Waals surface area contributed by atoms with Crippen molar-refractivity contribution < 1.29 is 29.2 Å². The van der Waals surface area contributed by atoms with Gasteiger partial charge in [-0.2, -0.15) is 0 Å². The Balaban J connectivity index is 1.39. The summed E-state index contributed by atoms with van der Waals surface area (Å²) in [6.07, 6.45) is 1.20. The number of nitrogens with zero attached hydrogens (tertiary/aromatic N) is 1. The summed E-state index contributed by atoms with van der Waals surface area (Å²) < 4.78 is 17.0. The molecule has 0 saturated heterocycles. The minimum absolute atomic E-state index is 0.0999. The molecule has 198 valence electrons. The Labute approximate surface area is 220 Å². The molecule has 2 atom stereocenters. The molecule has 0 spiro atoms. The lowest BCUT2D eigenvalue weighted by molar-refractivity contribution is 0.0995. The molecule has 0 radical (unpaired) electrons. The minimum Gasteiger partial charge on any atom is -0.497 e. The first-order chi connectivity index (χ1) is 18.5. The molecule has 0 bridgehead atoms. The SMILES string of the molecule is COc1ccc2ncc(C(N)=O)c(Oc3ccc(C[C@@H](CO)NC[C@H](O)COc4ccccc4)cc3)c2c1. The van der Waals surface area contributed by atoms with Gasteiger partial charge in [-0.25, -0.2) is 0 Å². The number of pyridine rings is 1. The third-order valence-electron chi connectivity index (χ3n) is 5.96. The number of methoxy groups -OCH3 is 1. The van der Waals surface area contributed by atoms with Crippen LogP contribution in [0.1, 0.15) is 15.9 Å². The van der Waals surface area contributed by atoms with Gasteiger partial charge in [-0.1, -0.05) is 30.3 Å². The fourth-order valence-corrected chi connectivity index (χ4v) is 3.93. The van der Waals surface area contributed by atoms with Gasteiger partial charge in [-0.05, 0) is 54.4 Å². The Morgan fingerprint density at radius 2 is 1.76 bits per heavy atom. The van der Waals surface area contributed by atoms with Gasteiger partial charge in [0.25, 0.3) is 5.91 Å². The standard InChI is InChI=1S/C29H31N3O6/c1-36-24-11-12-27-25(14-24)28(26(16-32-27)29(30)35)38-23-9-7-19(8-10-23)13-20(17-33)31-15-21(34)18-37-22-5-3-2-4-6-22/h2-12,14,16,20-21,31,33-34H,13,15,17-18H2,1H3,(H2,30,35)/t20-,21-/m0/s1. The van der Waals surface area contributed by atoms with Gasteiger partial charge in [0.2, 0.25) is 0 Å². The summed E-state index contributed by atoms with van der Waals surface area (Å²) in [7, 11) is 1.56. The Kier molecular flexibility index (Phi) is 9.10. The van der Waals surface area contributed by atoms with Crippen LogP contribution in [0.15, 0.2) is 79.0 Å².